The van der Waals surface area contributed by atoms with Gasteiger partial charge in [-0.1, -0.05) is 0 Å². The van der Waals surface area contributed by atoms with Crippen LogP contribution in [-0.4, -0.2) is 31.0 Å². The number of carbonyl (C=O) groups is 1. The topological polar surface area (TPSA) is 129 Å². The summed E-state index contributed by atoms with van der Waals surface area (Å²) in [5.74, 6) is -1.20. The summed E-state index contributed by atoms with van der Waals surface area (Å²) in [5.41, 5.74) is 2.12. The molecule has 0 aliphatic rings. The van der Waals surface area contributed by atoms with Crippen molar-refractivity contribution in [3.63, 3.8) is 0 Å². The predicted octanol–water partition coefficient (Wildman–Crippen LogP) is 1.72. The molecule has 1 aromatic carbocycles. The average Bonchev–Trinajstić information content (AvgIpc) is 3.19. The number of hydrogen-bond donors (Lipinski definition) is 1. The highest BCUT2D eigenvalue weighted by Crippen LogP contribution is 2.20. The van der Waals surface area contributed by atoms with E-state index in [0.717, 1.165) is 17.3 Å². The fourth-order valence-corrected chi connectivity index (χ4v) is 2.00. The lowest BCUT2D eigenvalue weighted by Gasteiger charge is -2.08. The van der Waals surface area contributed by atoms with Crippen LogP contribution in [0.2, 0.25) is 0 Å². The summed E-state index contributed by atoms with van der Waals surface area (Å²) in [6.45, 7) is 1.84. The number of nitrogens with zero attached hydrogens (tertiary/aromatic N) is 5. The van der Waals surface area contributed by atoms with E-state index in [2.05, 4.69) is 20.8 Å². The van der Waals surface area contributed by atoms with Gasteiger partial charge >= 0.3 is 5.88 Å². The van der Waals surface area contributed by atoms with E-state index in [1.54, 1.807) is 18.2 Å². The molecule has 0 atom stereocenters. The molecule has 0 aliphatic heterocycles. The van der Waals surface area contributed by atoms with Gasteiger partial charge in [0.25, 0.3) is 5.91 Å². The van der Waals surface area contributed by atoms with Crippen LogP contribution in [0.15, 0.2) is 41.1 Å². The number of anilines is 1. The van der Waals surface area contributed by atoms with E-state index >= 15 is 0 Å². The van der Waals surface area contributed by atoms with Crippen LogP contribution in [0.4, 0.5) is 11.6 Å². The molecule has 0 saturated carbocycles. The van der Waals surface area contributed by atoms with E-state index < -0.39 is 16.7 Å². The second kappa shape index (κ2) is 5.67. The first-order valence-electron chi connectivity index (χ1n) is 6.44. The molecule has 2 aromatic heterocycles. The molecule has 0 aliphatic carbocycles. The molecular formula is C13H10N6O4. The zero-order valence-electron chi connectivity index (χ0n) is 11.8. The number of carbonyl (C=O) groups excluding carboxylic acids is 1. The van der Waals surface area contributed by atoms with Crippen molar-refractivity contribution in [3.8, 4) is 5.69 Å². The van der Waals surface area contributed by atoms with Crippen molar-refractivity contribution in [1.82, 2.24) is 20.2 Å². The van der Waals surface area contributed by atoms with Crippen LogP contribution in [0.1, 0.15) is 16.1 Å². The minimum Gasteiger partial charge on any atom is -0.395 e. The van der Waals surface area contributed by atoms with Gasteiger partial charge in [-0.05, 0) is 47.2 Å². The number of furan rings is 1. The number of tetrazole rings is 1. The van der Waals surface area contributed by atoms with Crippen molar-refractivity contribution >= 4 is 17.5 Å². The van der Waals surface area contributed by atoms with Crippen molar-refractivity contribution in [3.05, 3.63) is 58.1 Å². The Labute approximate surface area is 128 Å². The van der Waals surface area contributed by atoms with E-state index in [4.69, 9.17) is 4.42 Å². The highest BCUT2D eigenvalue weighted by atomic mass is 16.6. The van der Waals surface area contributed by atoms with Crippen LogP contribution in [0, 0.1) is 17.0 Å². The Hall–Kier alpha value is -3.56. The molecule has 0 spiro atoms. The van der Waals surface area contributed by atoms with E-state index in [1.807, 2.05) is 6.92 Å². The zero-order chi connectivity index (χ0) is 16.4. The maximum atomic E-state index is 12.0. The quantitative estimate of drug-likeness (QED) is 0.573. The molecule has 1 N–H and O–H groups in total. The summed E-state index contributed by atoms with van der Waals surface area (Å²) in [6, 6.07) is 7.51. The van der Waals surface area contributed by atoms with Crippen molar-refractivity contribution in [2.75, 3.05) is 5.32 Å². The number of amides is 1. The van der Waals surface area contributed by atoms with Crippen LogP contribution in [-0.2, 0) is 0 Å². The molecule has 3 rings (SSSR count). The van der Waals surface area contributed by atoms with Crippen molar-refractivity contribution in [2.45, 2.75) is 6.92 Å². The maximum absolute atomic E-state index is 12.0. The maximum Gasteiger partial charge on any atom is 0.433 e. The molecule has 0 fully saturated rings. The van der Waals surface area contributed by atoms with Crippen LogP contribution in [0.5, 0.6) is 0 Å². The molecule has 0 unspecified atom stereocenters. The summed E-state index contributed by atoms with van der Waals surface area (Å²) in [5, 5.41) is 24.1. The van der Waals surface area contributed by atoms with Gasteiger partial charge in [0.15, 0.2) is 5.76 Å². The normalized spacial score (nSPS) is 10.5. The molecule has 0 bridgehead atoms. The second-order valence-electron chi connectivity index (χ2n) is 4.60. The first kappa shape index (κ1) is 14.4. The summed E-state index contributed by atoms with van der Waals surface area (Å²) < 4.78 is 6.35. The average molecular weight is 314 g/mol. The SMILES string of the molecule is Cc1cc(NC(=O)c2ccc([N+](=O)[O-])o2)ccc1-n1cnnn1. The fourth-order valence-electron chi connectivity index (χ4n) is 2.00. The lowest BCUT2D eigenvalue weighted by molar-refractivity contribution is -0.402. The Kier molecular flexibility index (Phi) is 3.55. The number of nitrogens with one attached hydrogen (secondary N) is 1. The Bertz CT molecular complexity index is 870. The highest BCUT2D eigenvalue weighted by molar-refractivity contribution is 6.02. The number of aryl methyl sites for hydroxylation is 1. The van der Waals surface area contributed by atoms with E-state index in [1.165, 1.54) is 17.1 Å². The van der Waals surface area contributed by atoms with Crippen LogP contribution in [0.3, 0.4) is 0 Å². The molecule has 3 aromatic rings. The van der Waals surface area contributed by atoms with Gasteiger partial charge in [0.05, 0.1) is 11.8 Å². The first-order valence-corrected chi connectivity index (χ1v) is 6.44. The predicted molar refractivity (Wildman–Crippen MR) is 77.2 cm³/mol. The molecule has 10 heteroatoms. The van der Waals surface area contributed by atoms with E-state index in [0.29, 0.717) is 5.69 Å². The molecular weight excluding hydrogens is 304 g/mol. The monoisotopic (exact) mass is 314 g/mol. The third-order valence-corrected chi connectivity index (χ3v) is 3.05. The van der Waals surface area contributed by atoms with Crippen LogP contribution in [0.25, 0.3) is 5.69 Å². The van der Waals surface area contributed by atoms with Gasteiger partial charge in [-0.3, -0.25) is 14.9 Å². The number of benzene rings is 1. The van der Waals surface area contributed by atoms with Gasteiger partial charge in [-0.15, -0.1) is 5.10 Å². The lowest BCUT2D eigenvalue weighted by Crippen LogP contribution is -2.11. The molecule has 0 radical (unpaired) electrons. The summed E-state index contributed by atoms with van der Waals surface area (Å²) in [4.78, 5) is 21.9. The van der Waals surface area contributed by atoms with Gasteiger partial charge in [0, 0.05) is 5.69 Å². The second-order valence-corrected chi connectivity index (χ2v) is 4.60. The van der Waals surface area contributed by atoms with Crippen molar-refractivity contribution < 1.29 is 14.1 Å². The molecule has 1 amide bonds. The third-order valence-electron chi connectivity index (χ3n) is 3.05. The first-order chi connectivity index (χ1) is 11.0. The molecule has 23 heavy (non-hydrogen) atoms. The van der Waals surface area contributed by atoms with Gasteiger partial charge < -0.3 is 9.73 Å². The summed E-state index contributed by atoms with van der Waals surface area (Å²) in [6.07, 6.45) is 1.46. The van der Waals surface area contributed by atoms with E-state index in [9.17, 15) is 14.9 Å². The smallest absolute Gasteiger partial charge is 0.395 e. The zero-order valence-corrected chi connectivity index (χ0v) is 11.8. The largest absolute Gasteiger partial charge is 0.433 e. The van der Waals surface area contributed by atoms with E-state index in [-0.39, 0.29) is 5.76 Å². The Morgan fingerprint density at radius 2 is 2.17 bits per heavy atom. The standard InChI is InChI=1S/C13H10N6O4/c1-8-6-9(2-3-10(8)18-7-14-16-17-18)15-13(20)11-4-5-12(23-11)19(21)22/h2-7H,1H3,(H,15,20). The number of rotatable bonds is 4. The molecule has 0 saturated heterocycles. The van der Waals surface area contributed by atoms with Gasteiger partial charge in [-0.2, -0.15) is 0 Å². The number of aromatic nitrogens is 4. The lowest BCUT2D eigenvalue weighted by atomic mass is 10.2. The van der Waals surface area contributed by atoms with Crippen molar-refractivity contribution in [2.24, 2.45) is 0 Å². The minimum absolute atomic E-state index is 0.140. The Morgan fingerprint density at radius 1 is 1.35 bits per heavy atom. The third kappa shape index (κ3) is 2.90. The van der Waals surface area contributed by atoms with Gasteiger partial charge in [-0.25, -0.2) is 4.68 Å². The summed E-state index contributed by atoms with van der Waals surface area (Å²) >= 11 is 0. The minimum atomic E-state index is -0.706. The van der Waals surface area contributed by atoms with Crippen molar-refractivity contribution in [1.29, 1.82) is 0 Å². The van der Waals surface area contributed by atoms with Crippen LogP contribution >= 0.6 is 0 Å². The van der Waals surface area contributed by atoms with Gasteiger partial charge in [0.1, 0.15) is 11.3 Å². The Morgan fingerprint density at radius 3 is 2.78 bits per heavy atom. The van der Waals surface area contributed by atoms with Crippen LogP contribution < -0.4 is 5.32 Å². The Balaban J connectivity index is 1.78. The molecule has 2 heterocycles. The number of nitro groups is 1. The fraction of sp³-hybridized carbons (Fsp3) is 0.0769. The highest BCUT2D eigenvalue weighted by Gasteiger charge is 2.17. The number of hydrogen-bond acceptors (Lipinski definition) is 7. The molecule has 116 valence electrons. The summed E-state index contributed by atoms with van der Waals surface area (Å²) in [7, 11) is 0. The van der Waals surface area contributed by atoms with Gasteiger partial charge in [0.2, 0.25) is 0 Å². The molecule has 10 nitrogen and oxygen atoms in total.